The Labute approximate surface area is 117 Å². The van der Waals surface area contributed by atoms with Gasteiger partial charge in [0.25, 0.3) is 0 Å². The van der Waals surface area contributed by atoms with Gasteiger partial charge in [-0.15, -0.1) is 11.6 Å². The number of rotatable bonds is 9. The Morgan fingerprint density at radius 2 is 1.89 bits per heavy atom. The maximum atomic E-state index is 12.6. The molecule has 2 nitrogen and oxygen atoms in total. The Balaban J connectivity index is 2.59. The van der Waals surface area contributed by atoms with Gasteiger partial charge < -0.3 is 4.90 Å². The number of hydrogen-bond acceptors (Lipinski definition) is 1. The standard InChI is InChI=1S/C15H28ClNO/c1-3-7-13(8-4-2)15(18)17(12-6-11-16)14-9-5-10-14/h13-14H,3-12H2,1-2H3. The van der Waals surface area contributed by atoms with Crippen LogP contribution in [0.25, 0.3) is 0 Å². The Bertz CT molecular complexity index is 235. The van der Waals surface area contributed by atoms with Crippen LogP contribution < -0.4 is 0 Å². The SMILES string of the molecule is CCCC(CCC)C(=O)N(CCCCl)C1CCC1. The summed E-state index contributed by atoms with van der Waals surface area (Å²) in [6.07, 6.45) is 8.87. The van der Waals surface area contributed by atoms with Crippen molar-refractivity contribution >= 4 is 17.5 Å². The molecule has 0 saturated heterocycles. The molecule has 0 radical (unpaired) electrons. The second kappa shape index (κ2) is 8.79. The molecule has 1 rings (SSSR count). The number of carbonyl (C=O) groups excluding carboxylic acids is 1. The lowest BCUT2D eigenvalue weighted by atomic mass is 9.88. The van der Waals surface area contributed by atoms with Crippen LogP contribution in [-0.4, -0.2) is 29.3 Å². The van der Waals surface area contributed by atoms with Crippen LogP contribution in [0.5, 0.6) is 0 Å². The van der Waals surface area contributed by atoms with Gasteiger partial charge in [0.1, 0.15) is 0 Å². The number of alkyl halides is 1. The molecule has 0 heterocycles. The van der Waals surface area contributed by atoms with E-state index in [1.54, 1.807) is 0 Å². The summed E-state index contributed by atoms with van der Waals surface area (Å²) in [6, 6.07) is 0.511. The molecule has 0 spiro atoms. The molecule has 0 N–H and O–H groups in total. The lowest BCUT2D eigenvalue weighted by molar-refractivity contribution is -0.140. The zero-order valence-electron chi connectivity index (χ0n) is 12.0. The van der Waals surface area contributed by atoms with E-state index in [1.165, 1.54) is 19.3 Å². The van der Waals surface area contributed by atoms with Crippen molar-refractivity contribution in [1.82, 2.24) is 4.90 Å². The van der Waals surface area contributed by atoms with Crippen molar-refractivity contribution in [3.8, 4) is 0 Å². The van der Waals surface area contributed by atoms with Crippen molar-refractivity contribution in [3.05, 3.63) is 0 Å². The molecule has 0 aromatic heterocycles. The van der Waals surface area contributed by atoms with Crippen LogP contribution >= 0.6 is 11.6 Å². The topological polar surface area (TPSA) is 20.3 Å². The third-order valence-corrected chi connectivity index (χ3v) is 4.22. The average molecular weight is 274 g/mol. The van der Waals surface area contributed by atoms with Gasteiger partial charge in [-0.05, 0) is 38.5 Å². The van der Waals surface area contributed by atoms with Gasteiger partial charge in [0.05, 0.1) is 0 Å². The van der Waals surface area contributed by atoms with Gasteiger partial charge >= 0.3 is 0 Å². The largest absolute Gasteiger partial charge is 0.339 e. The molecular formula is C15H28ClNO. The van der Waals surface area contributed by atoms with Crippen molar-refractivity contribution in [3.63, 3.8) is 0 Å². The van der Waals surface area contributed by atoms with Crippen LogP contribution in [0.3, 0.4) is 0 Å². The monoisotopic (exact) mass is 273 g/mol. The van der Waals surface area contributed by atoms with Crippen molar-refractivity contribution in [2.75, 3.05) is 12.4 Å². The van der Waals surface area contributed by atoms with Gasteiger partial charge in [0.15, 0.2) is 0 Å². The Hall–Kier alpha value is -0.240. The number of carbonyl (C=O) groups is 1. The summed E-state index contributed by atoms with van der Waals surface area (Å²) < 4.78 is 0. The minimum atomic E-state index is 0.246. The average Bonchev–Trinajstić information content (AvgIpc) is 2.31. The minimum absolute atomic E-state index is 0.246. The highest BCUT2D eigenvalue weighted by atomic mass is 35.5. The number of hydrogen-bond donors (Lipinski definition) is 0. The molecule has 1 amide bonds. The number of nitrogens with zero attached hydrogens (tertiary/aromatic N) is 1. The summed E-state index contributed by atoms with van der Waals surface area (Å²) in [7, 11) is 0. The van der Waals surface area contributed by atoms with Gasteiger partial charge in [-0.1, -0.05) is 26.7 Å². The fourth-order valence-corrected chi connectivity index (χ4v) is 2.84. The highest BCUT2D eigenvalue weighted by Crippen LogP contribution is 2.28. The molecule has 1 saturated carbocycles. The van der Waals surface area contributed by atoms with Crippen LogP contribution in [0.2, 0.25) is 0 Å². The van der Waals surface area contributed by atoms with Crippen molar-refractivity contribution in [1.29, 1.82) is 0 Å². The first-order chi connectivity index (χ1) is 8.74. The fraction of sp³-hybridized carbons (Fsp3) is 0.933. The smallest absolute Gasteiger partial charge is 0.225 e. The van der Waals surface area contributed by atoms with E-state index in [0.717, 1.165) is 38.6 Å². The third-order valence-electron chi connectivity index (χ3n) is 3.95. The summed E-state index contributed by atoms with van der Waals surface area (Å²) in [5, 5.41) is 0. The van der Waals surface area contributed by atoms with Gasteiger partial charge in [0.2, 0.25) is 5.91 Å². The van der Waals surface area contributed by atoms with Crippen molar-refractivity contribution < 1.29 is 4.79 Å². The van der Waals surface area contributed by atoms with E-state index in [2.05, 4.69) is 18.7 Å². The van der Waals surface area contributed by atoms with Gasteiger partial charge in [-0.25, -0.2) is 0 Å². The van der Waals surface area contributed by atoms with Gasteiger partial charge in [-0.2, -0.15) is 0 Å². The lowest BCUT2D eigenvalue weighted by Gasteiger charge is -2.39. The van der Waals surface area contributed by atoms with E-state index in [-0.39, 0.29) is 5.92 Å². The van der Waals surface area contributed by atoms with E-state index in [4.69, 9.17) is 11.6 Å². The first-order valence-electron chi connectivity index (χ1n) is 7.61. The van der Waals surface area contributed by atoms with Gasteiger partial charge in [0, 0.05) is 24.4 Å². The molecule has 1 aliphatic carbocycles. The second-order valence-corrected chi connectivity index (χ2v) is 5.81. The van der Waals surface area contributed by atoms with Crippen LogP contribution in [0.1, 0.15) is 65.2 Å². The normalized spacial score (nSPS) is 15.8. The van der Waals surface area contributed by atoms with Crippen molar-refractivity contribution in [2.24, 2.45) is 5.92 Å². The Morgan fingerprint density at radius 1 is 1.28 bits per heavy atom. The minimum Gasteiger partial charge on any atom is -0.339 e. The van der Waals surface area contributed by atoms with Gasteiger partial charge in [-0.3, -0.25) is 4.79 Å². The molecule has 18 heavy (non-hydrogen) atoms. The van der Waals surface area contributed by atoms with E-state index < -0.39 is 0 Å². The van der Waals surface area contributed by atoms with Crippen LogP contribution in [-0.2, 0) is 4.79 Å². The highest BCUT2D eigenvalue weighted by molar-refractivity contribution is 6.17. The van der Waals surface area contributed by atoms with E-state index >= 15 is 0 Å². The maximum Gasteiger partial charge on any atom is 0.225 e. The first kappa shape index (κ1) is 15.8. The molecule has 0 atom stereocenters. The summed E-state index contributed by atoms with van der Waals surface area (Å²) in [6.45, 7) is 5.20. The summed E-state index contributed by atoms with van der Waals surface area (Å²) in [4.78, 5) is 14.8. The molecule has 0 bridgehead atoms. The van der Waals surface area contributed by atoms with E-state index in [0.29, 0.717) is 17.8 Å². The highest BCUT2D eigenvalue weighted by Gasteiger charge is 2.31. The fourth-order valence-electron chi connectivity index (χ4n) is 2.72. The van der Waals surface area contributed by atoms with Crippen LogP contribution in [0, 0.1) is 5.92 Å². The second-order valence-electron chi connectivity index (χ2n) is 5.43. The lowest BCUT2D eigenvalue weighted by Crippen LogP contribution is -2.47. The van der Waals surface area contributed by atoms with Crippen LogP contribution in [0.15, 0.2) is 0 Å². The molecule has 1 aliphatic rings. The molecule has 0 unspecified atom stereocenters. The summed E-state index contributed by atoms with van der Waals surface area (Å²) in [5.41, 5.74) is 0. The molecule has 3 heteroatoms. The predicted octanol–water partition coefficient (Wildman–Crippen LogP) is 4.21. The third kappa shape index (κ3) is 4.46. The molecule has 1 fully saturated rings. The Morgan fingerprint density at radius 3 is 2.28 bits per heavy atom. The predicted molar refractivity (Wildman–Crippen MR) is 78.0 cm³/mol. The zero-order chi connectivity index (χ0) is 13.4. The van der Waals surface area contributed by atoms with Crippen molar-refractivity contribution in [2.45, 2.75) is 71.3 Å². The molecule has 106 valence electrons. The number of amides is 1. The quantitative estimate of drug-likeness (QED) is 0.576. The molecule has 0 aromatic carbocycles. The van der Waals surface area contributed by atoms with E-state index in [9.17, 15) is 4.79 Å². The van der Waals surface area contributed by atoms with Crippen LogP contribution in [0.4, 0.5) is 0 Å². The zero-order valence-corrected chi connectivity index (χ0v) is 12.7. The number of halogens is 1. The molecule has 0 aliphatic heterocycles. The summed E-state index contributed by atoms with van der Waals surface area (Å²) >= 11 is 5.78. The molecular weight excluding hydrogens is 246 g/mol. The molecule has 0 aromatic rings. The maximum absolute atomic E-state index is 12.6. The van der Waals surface area contributed by atoms with E-state index in [1.807, 2.05) is 0 Å². The summed E-state index contributed by atoms with van der Waals surface area (Å²) in [5.74, 6) is 1.30. The Kier molecular flexibility index (Phi) is 7.73. The first-order valence-corrected chi connectivity index (χ1v) is 8.14.